The van der Waals surface area contributed by atoms with E-state index in [9.17, 15) is 18.4 Å². The molecule has 2 aromatic heterocycles. The van der Waals surface area contributed by atoms with E-state index in [1.54, 1.807) is 30.3 Å². The second kappa shape index (κ2) is 14.3. The van der Waals surface area contributed by atoms with Crippen molar-refractivity contribution in [3.8, 4) is 22.5 Å². The lowest BCUT2D eigenvalue weighted by Gasteiger charge is -2.11. The molecule has 13 heteroatoms. The van der Waals surface area contributed by atoms with Crippen LogP contribution in [0.3, 0.4) is 0 Å². The minimum absolute atomic E-state index is 0. The van der Waals surface area contributed by atoms with Crippen LogP contribution < -0.4 is 45.8 Å². The van der Waals surface area contributed by atoms with Gasteiger partial charge in [0.05, 0.1) is 39.1 Å². The van der Waals surface area contributed by atoms with Gasteiger partial charge in [-0.15, -0.1) is 0 Å². The number of amides is 2. The molecule has 8 rings (SSSR count). The van der Waals surface area contributed by atoms with Gasteiger partial charge in [0.1, 0.15) is 16.6 Å². The van der Waals surface area contributed by atoms with Crippen LogP contribution in [0.15, 0.2) is 84.9 Å². The highest BCUT2D eigenvalue weighted by molar-refractivity contribution is 8.13. The number of halogens is 3. The zero-order valence-electron chi connectivity index (χ0n) is 26.7. The van der Waals surface area contributed by atoms with E-state index in [-0.39, 0.29) is 52.4 Å². The molecule has 4 aromatic carbocycles. The van der Waals surface area contributed by atoms with Crippen LogP contribution in [0.25, 0.3) is 44.3 Å². The summed E-state index contributed by atoms with van der Waals surface area (Å²) < 4.78 is 30.9. The second-order valence-corrected chi connectivity index (χ2v) is 12.9. The predicted octanol–water partition coefficient (Wildman–Crippen LogP) is 1.89. The van der Waals surface area contributed by atoms with Crippen LogP contribution in [0.2, 0.25) is 0 Å². The third-order valence-corrected chi connectivity index (χ3v) is 9.69. The van der Waals surface area contributed by atoms with Gasteiger partial charge in [0.25, 0.3) is 11.8 Å². The summed E-state index contributed by atoms with van der Waals surface area (Å²) in [7, 11) is 0. The number of nitrogens with one attached hydrogen (secondary N) is 2. The average molecular weight is 821 g/mol. The number of nitrogens with two attached hydrogens (primary N) is 2. The average Bonchev–Trinajstić information content (AvgIpc) is 3.48. The lowest BCUT2D eigenvalue weighted by atomic mass is 10.0. The maximum absolute atomic E-state index is 13.4. The van der Waals surface area contributed by atoms with Gasteiger partial charge >= 0.3 is 0 Å². The molecule has 0 radical (unpaired) electrons. The number of carbonyl (C=O) groups is 2. The topological polar surface area (TPSA) is 120 Å². The number of para-hydroxylation sites is 2. The van der Waals surface area contributed by atoms with Crippen LogP contribution in [0.4, 0.5) is 8.78 Å². The summed E-state index contributed by atoms with van der Waals surface area (Å²) in [6.45, 7) is 2.26. The van der Waals surface area contributed by atoms with E-state index in [0.717, 1.165) is 55.4 Å². The Labute approximate surface area is 312 Å². The van der Waals surface area contributed by atoms with Crippen LogP contribution in [-0.2, 0) is 13.1 Å². The van der Waals surface area contributed by atoms with E-state index < -0.39 is 0 Å². The van der Waals surface area contributed by atoms with E-state index in [1.807, 2.05) is 41.2 Å². The number of thioether (sulfide) groups is 1. The van der Waals surface area contributed by atoms with Gasteiger partial charge in [0, 0.05) is 42.5 Å². The molecule has 50 heavy (non-hydrogen) atoms. The maximum Gasteiger partial charge on any atom is 0.253 e. The minimum Gasteiger partial charge on any atom is -1.00 e. The Morgan fingerprint density at radius 1 is 0.740 bits per heavy atom. The van der Waals surface area contributed by atoms with E-state index in [4.69, 9.17) is 23.4 Å². The molecule has 0 spiro atoms. The quantitative estimate of drug-likeness (QED) is 0.0939. The fraction of sp³-hybridized carbons (Fsp3) is 0.135. The lowest BCUT2D eigenvalue weighted by Crippen LogP contribution is -3.00. The first-order chi connectivity index (χ1) is 23.7. The Kier molecular flexibility index (Phi) is 10.1. The molecule has 2 aliphatic rings. The van der Waals surface area contributed by atoms with Gasteiger partial charge in [0.2, 0.25) is 5.04 Å². The number of thiocarbonyl (C=S) groups is 1. The molecule has 0 bridgehead atoms. The van der Waals surface area contributed by atoms with Gasteiger partial charge < -0.3 is 49.5 Å². The Bertz CT molecular complexity index is 2340. The highest BCUT2D eigenvalue weighted by Crippen LogP contribution is 2.38. The lowest BCUT2D eigenvalue weighted by molar-refractivity contribution is -0.107. The standard InChI is InChI=1S/C19H16FN3OS.C18H14FN3OS.HI/c1-25-18(21)15-13-3-2-4-14-17(13)23(10-9-22-19(14)24)16(15)11-5-7-12(20)8-6-11;19-11-6-4-10(5-7-11)15-14(17(20)24)12-2-1-3-13-16(12)22(15)9-8-21-18(13)23;/h2-8,21H,9-10H2,1H3,(H,22,24);1-7H,8-9H2,(H2,20,24)(H,21,23);1H. The number of hydrogen-bond donors (Lipinski definition) is 4. The summed E-state index contributed by atoms with van der Waals surface area (Å²) in [6, 6.07) is 23.8. The Balaban J connectivity index is 0.000000170. The third kappa shape index (κ3) is 6.07. The number of carbonyl (C=O) groups excluding carboxylic acids is 2. The van der Waals surface area contributed by atoms with E-state index >= 15 is 0 Å². The van der Waals surface area contributed by atoms with Crippen LogP contribution in [-0.4, -0.2) is 50.3 Å². The van der Waals surface area contributed by atoms with Gasteiger partial charge in [-0.2, -0.15) is 0 Å². The van der Waals surface area contributed by atoms with E-state index in [0.29, 0.717) is 42.3 Å². The third-order valence-electron chi connectivity index (χ3n) is 8.84. The number of hydrogen-bond acceptors (Lipinski definition) is 4. The van der Waals surface area contributed by atoms with Crippen molar-refractivity contribution in [2.45, 2.75) is 13.1 Å². The second-order valence-electron chi connectivity index (χ2n) is 11.6. The Morgan fingerprint density at radius 2 is 1.16 bits per heavy atom. The van der Waals surface area contributed by atoms with Crippen molar-refractivity contribution in [1.29, 1.82) is 0 Å². The molecule has 0 unspecified atom stereocenters. The van der Waals surface area contributed by atoms with E-state index in [1.165, 1.54) is 36.0 Å². The summed E-state index contributed by atoms with van der Waals surface area (Å²) in [5, 5.41) is 14.6. The molecule has 2 amide bonds. The summed E-state index contributed by atoms with van der Waals surface area (Å²) >= 11 is 6.75. The van der Waals surface area contributed by atoms with Gasteiger partial charge in [-0.25, -0.2) is 14.2 Å². The van der Waals surface area contributed by atoms with Crippen molar-refractivity contribution in [3.05, 3.63) is 119 Å². The molecule has 0 aliphatic carbocycles. The van der Waals surface area contributed by atoms with Gasteiger partial charge in [0.15, 0.2) is 0 Å². The summed E-state index contributed by atoms with van der Waals surface area (Å²) in [4.78, 5) is 25.0. The van der Waals surface area contributed by atoms with Crippen molar-refractivity contribution in [2.24, 2.45) is 5.73 Å². The zero-order chi connectivity index (χ0) is 34.4. The van der Waals surface area contributed by atoms with Crippen LogP contribution in [0.1, 0.15) is 31.8 Å². The molecule has 8 nitrogen and oxygen atoms in total. The molecule has 0 atom stereocenters. The van der Waals surface area contributed by atoms with Crippen molar-refractivity contribution < 1.29 is 47.8 Å². The number of benzene rings is 4. The summed E-state index contributed by atoms with van der Waals surface area (Å²) in [5.41, 5.74) is 14.0. The molecule has 0 saturated heterocycles. The minimum atomic E-state index is -0.305. The SMILES string of the molecule is CSC(=[NH2+])c1c(-c2ccc(F)cc2)n2c3c(cccc13)C(=O)NCC2.NC(=S)c1c(-c2ccc(F)cc2)n2c3c(cccc13)C(=O)NCC2.[I-]. The summed E-state index contributed by atoms with van der Waals surface area (Å²) in [5.74, 6) is -0.782. The normalized spacial score (nSPS) is 13.3. The highest BCUT2D eigenvalue weighted by atomic mass is 127. The van der Waals surface area contributed by atoms with Crippen molar-refractivity contribution in [3.63, 3.8) is 0 Å². The maximum atomic E-state index is 13.4. The monoisotopic (exact) mass is 820 g/mol. The molecule has 6 N–H and O–H groups in total. The van der Waals surface area contributed by atoms with Crippen LogP contribution in [0.5, 0.6) is 0 Å². The number of rotatable bonds is 4. The molecular formula is C37H31F2IN6O2S2. The zero-order valence-corrected chi connectivity index (χ0v) is 30.5. The van der Waals surface area contributed by atoms with Gasteiger partial charge in [-0.1, -0.05) is 48.2 Å². The molecule has 2 aliphatic heterocycles. The van der Waals surface area contributed by atoms with Crippen LogP contribution >= 0.6 is 24.0 Å². The molecule has 6 aromatic rings. The fourth-order valence-electron chi connectivity index (χ4n) is 6.80. The van der Waals surface area contributed by atoms with Gasteiger partial charge in [-0.3, -0.25) is 9.59 Å². The largest absolute Gasteiger partial charge is 1.00 e. The van der Waals surface area contributed by atoms with Crippen LogP contribution in [0, 0.1) is 11.6 Å². The van der Waals surface area contributed by atoms with Crippen molar-refractivity contribution in [2.75, 3.05) is 19.3 Å². The van der Waals surface area contributed by atoms with Crippen molar-refractivity contribution >= 4 is 67.6 Å². The molecular weight excluding hydrogens is 789 g/mol. The highest BCUT2D eigenvalue weighted by Gasteiger charge is 2.29. The van der Waals surface area contributed by atoms with E-state index in [2.05, 4.69) is 15.2 Å². The smallest absolute Gasteiger partial charge is 0.253 e. The molecule has 4 heterocycles. The molecule has 0 fully saturated rings. The fourth-order valence-corrected chi connectivity index (χ4v) is 7.42. The number of aromatic nitrogens is 2. The Morgan fingerprint density at radius 3 is 1.58 bits per heavy atom. The van der Waals surface area contributed by atoms with Crippen molar-refractivity contribution in [1.82, 2.24) is 19.8 Å². The molecule has 0 saturated carbocycles. The summed E-state index contributed by atoms with van der Waals surface area (Å²) in [6.07, 6.45) is 1.93. The Hall–Kier alpha value is -4.60. The van der Waals surface area contributed by atoms with Gasteiger partial charge in [-0.05, 0) is 78.0 Å². The first kappa shape index (κ1) is 35.2. The first-order valence-electron chi connectivity index (χ1n) is 15.5. The predicted molar refractivity (Wildman–Crippen MR) is 195 cm³/mol. The number of nitrogens with zero attached hydrogens (tertiary/aromatic N) is 2. The molecule has 254 valence electrons. The first-order valence-corrected chi connectivity index (χ1v) is 17.2.